The predicted octanol–water partition coefficient (Wildman–Crippen LogP) is 4.58. The number of aryl methyl sites for hydroxylation is 2. The van der Waals surface area contributed by atoms with E-state index in [1.807, 2.05) is 30.9 Å². The van der Waals surface area contributed by atoms with Gasteiger partial charge in [-0.3, -0.25) is 4.68 Å². The lowest BCUT2D eigenvalue weighted by Crippen LogP contribution is -1.88. The minimum absolute atomic E-state index is 0.954. The van der Waals surface area contributed by atoms with E-state index in [4.69, 9.17) is 0 Å². The highest BCUT2D eigenvalue weighted by Crippen LogP contribution is 2.30. The van der Waals surface area contributed by atoms with Crippen LogP contribution < -0.4 is 0 Å². The zero-order valence-corrected chi connectivity index (χ0v) is 14.3. The van der Waals surface area contributed by atoms with Crippen LogP contribution in [0.25, 0.3) is 33.0 Å². The fourth-order valence-electron chi connectivity index (χ4n) is 2.67. The van der Waals surface area contributed by atoms with E-state index in [9.17, 15) is 0 Å². The van der Waals surface area contributed by atoms with Crippen molar-refractivity contribution in [1.82, 2.24) is 20.0 Å². The van der Waals surface area contributed by atoms with Crippen molar-refractivity contribution in [3.63, 3.8) is 0 Å². The zero-order valence-electron chi connectivity index (χ0n) is 13.5. The summed E-state index contributed by atoms with van der Waals surface area (Å²) in [6.07, 6.45) is 1.96. The van der Waals surface area contributed by atoms with Crippen LogP contribution in [0.2, 0.25) is 0 Å². The predicted molar refractivity (Wildman–Crippen MR) is 97.7 cm³/mol. The SMILES string of the molecule is Cc1nnc(-c2cccc(-c3cccc(-c4ccn(C)n4)c3)c2)s1. The first kappa shape index (κ1) is 14.8. The van der Waals surface area contributed by atoms with E-state index >= 15 is 0 Å². The molecule has 2 aromatic carbocycles. The maximum absolute atomic E-state index is 4.48. The molecule has 0 fully saturated rings. The van der Waals surface area contributed by atoms with Crippen LogP contribution in [0.4, 0.5) is 0 Å². The van der Waals surface area contributed by atoms with E-state index in [1.54, 1.807) is 11.3 Å². The molecule has 0 amide bonds. The fraction of sp³-hybridized carbons (Fsp3) is 0.105. The fourth-order valence-corrected chi connectivity index (χ4v) is 3.36. The van der Waals surface area contributed by atoms with Crippen LogP contribution in [-0.2, 0) is 7.05 Å². The second kappa shape index (κ2) is 6.02. The monoisotopic (exact) mass is 332 g/mol. The molecule has 0 atom stereocenters. The van der Waals surface area contributed by atoms with Crippen molar-refractivity contribution in [3.05, 3.63) is 65.8 Å². The largest absolute Gasteiger partial charge is 0.275 e. The third-order valence-corrected chi connectivity index (χ3v) is 4.73. The molecule has 0 saturated carbocycles. The van der Waals surface area contributed by atoms with Gasteiger partial charge in [-0.15, -0.1) is 10.2 Å². The van der Waals surface area contributed by atoms with Crippen molar-refractivity contribution in [3.8, 4) is 33.0 Å². The number of aromatic nitrogens is 4. The summed E-state index contributed by atoms with van der Waals surface area (Å²) < 4.78 is 1.82. The second-order valence-corrected chi connectivity index (χ2v) is 6.84. The quantitative estimate of drug-likeness (QED) is 0.551. The first-order valence-electron chi connectivity index (χ1n) is 7.70. The number of nitrogens with zero attached hydrogens (tertiary/aromatic N) is 4. The van der Waals surface area contributed by atoms with Crippen LogP contribution in [0, 0.1) is 6.92 Å². The highest BCUT2D eigenvalue weighted by molar-refractivity contribution is 7.14. The standard InChI is InChI=1S/C19H16N4S/c1-13-20-21-19(24-13)17-8-4-6-15(12-17)14-5-3-7-16(11-14)18-9-10-23(2)22-18/h3-12H,1-2H3. The first-order chi connectivity index (χ1) is 11.7. The van der Waals surface area contributed by atoms with Gasteiger partial charge in [-0.05, 0) is 36.2 Å². The maximum Gasteiger partial charge on any atom is 0.147 e. The summed E-state index contributed by atoms with van der Waals surface area (Å²) in [7, 11) is 1.93. The Morgan fingerprint density at radius 2 is 1.50 bits per heavy atom. The molecule has 0 spiro atoms. The molecule has 4 aromatic rings. The lowest BCUT2D eigenvalue weighted by molar-refractivity contribution is 0.771. The van der Waals surface area contributed by atoms with Gasteiger partial charge in [0.25, 0.3) is 0 Å². The third-order valence-electron chi connectivity index (χ3n) is 3.84. The summed E-state index contributed by atoms with van der Waals surface area (Å²) in [4.78, 5) is 0. The summed E-state index contributed by atoms with van der Waals surface area (Å²) in [5, 5.41) is 14.8. The molecule has 2 aromatic heterocycles. The minimum atomic E-state index is 0.954. The van der Waals surface area contributed by atoms with Crippen LogP contribution in [0.1, 0.15) is 5.01 Å². The van der Waals surface area contributed by atoms with Crippen molar-refractivity contribution in [1.29, 1.82) is 0 Å². The van der Waals surface area contributed by atoms with Gasteiger partial charge in [-0.1, -0.05) is 47.7 Å². The average Bonchev–Trinajstić information content (AvgIpc) is 3.24. The summed E-state index contributed by atoms with van der Waals surface area (Å²) in [6, 6.07) is 18.9. The lowest BCUT2D eigenvalue weighted by Gasteiger charge is -2.06. The smallest absolute Gasteiger partial charge is 0.147 e. The van der Waals surface area contributed by atoms with E-state index in [0.29, 0.717) is 0 Å². The van der Waals surface area contributed by atoms with Crippen LogP contribution in [0.5, 0.6) is 0 Å². The van der Waals surface area contributed by atoms with Crippen molar-refractivity contribution in [2.24, 2.45) is 7.05 Å². The summed E-state index contributed by atoms with van der Waals surface area (Å²) in [5.74, 6) is 0. The number of rotatable bonds is 3. The molecule has 0 radical (unpaired) electrons. The summed E-state index contributed by atoms with van der Waals surface area (Å²) in [5.41, 5.74) is 5.53. The molecule has 0 N–H and O–H groups in total. The number of benzene rings is 2. The Morgan fingerprint density at radius 1 is 0.833 bits per heavy atom. The van der Waals surface area contributed by atoms with Gasteiger partial charge < -0.3 is 0 Å². The second-order valence-electron chi connectivity index (χ2n) is 5.66. The van der Waals surface area contributed by atoms with Crippen LogP contribution in [-0.4, -0.2) is 20.0 Å². The summed E-state index contributed by atoms with van der Waals surface area (Å²) in [6.45, 7) is 1.97. The van der Waals surface area contributed by atoms with Gasteiger partial charge in [0.15, 0.2) is 0 Å². The van der Waals surface area contributed by atoms with E-state index in [1.165, 1.54) is 5.56 Å². The normalized spacial score (nSPS) is 10.9. The van der Waals surface area contributed by atoms with E-state index < -0.39 is 0 Å². The van der Waals surface area contributed by atoms with E-state index in [2.05, 4.69) is 63.8 Å². The topological polar surface area (TPSA) is 43.6 Å². The van der Waals surface area contributed by atoms with E-state index in [-0.39, 0.29) is 0 Å². The van der Waals surface area contributed by atoms with Gasteiger partial charge in [0, 0.05) is 24.4 Å². The minimum Gasteiger partial charge on any atom is -0.275 e. The molecule has 24 heavy (non-hydrogen) atoms. The van der Waals surface area contributed by atoms with Crippen LogP contribution in [0.3, 0.4) is 0 Å². The third kappa shape index (κ3) is 2.86. The Bertz CT molecular complexity index is 918. The molecule has 5 heteroatoms. The van der Waals surface area contributed by atoms with Gasteiger partial charge in [-0.2, -0.15) is 5.10 Å². The van der Waals surface area contributed by atoms with Crippen LogP contribution >= 0.6 is 11.3 Å². The molecule has 4 nitrogen and oxygen atoms in total. The highest BCUT2D eigenvalue weighted by atomic mass is 32.1. The maximum atomic E-state index is 4.48. The Hall–Kier alpha value is -2.79. The molecule has 0 aliphatic carbocycles. The molecule has 0 aliphatic rings. The molecule has 0 saturated heterocycles. The van der Waals surface area contributed by atoms with Crippen molar-refractivity contribution in [2.45, 2.75) is 6.92 Å². The Balaban J connectivity index is 1.74. The van der Waals surface area contributed by atoms with Gasteiger partial charge in [0.2, 0.25) is 0 Å². The average molecular weight is 332 g/mol. The number of hydrogen-bond donors (Lipinski definition) is 0. The number of hydrogen-bond acceptors (Lipinski definition) is 4. The van der Waals surface area contributed by atoms with Gasteiger partial charge >= 0.3 is 0 Å². The molecule has 2 heterocycles. The lowest BCUT2D eigenvalue weighted by atomic mass is 10.0. The van der Waals surface area contributed by atoms with Crippen molar-refractivity contribution < 1.29 is 0 Å². The first-order valence-corrected chi connectivity index (χ1v) is 8.52. The van der Waals surface area contributed by atoms with E-state index in [0.717, 1.165) is 32.4 Å². The summed E-state index contributed by atoms with van der Waals surface area (Å²) >= 11 is 1.61. The molecule has 118 valence electrons. The highest BCUT2D eigenvalue weighted by Gasteiger charge is 2.07. The molecular weight excluding hydrogens is 316 g/mol. The van der Waals surface area contributed by atoms with Crippen molar-refractivity contribution in [2.75, 3.05) is 0 Å². The van der Waals surface area contributed by atoms with Gasteiger partial charge in [0.1, 0.15) is 10.0 Å². The van der Waals surface area contributed by atoms with Gasteiger partial charge in [-0.25, -0.2) is 0 Å². The Kier molecular flexibility index (Phi) is 3.70. The van der Waals surface area contributed by atoms with Crippen LogP contribution in [0.15, 0.2) is 60.8 Å². The molecule has 0 aliphatic heterocycles. The molecule has 4 rings (SSSR count). The van der Waals surface area contributed by atoms with Crippen molar-refractivity contribution >= 4 is 11.3 Å². The molecular formula is C19H16N4S. The van der Waals surface area contributed by atoms with Gasteiger partial charge in [0.05, 0.1) is 5.69 Å². The Morgan fingerprint density at radius 3 is 2.12 bits per heavy atom. The zero-order chi connectivity index (χ0) is 16.5. The molecule has 0 unspecified atom stereocenters. The Labute approximate surface area is 144 Å². The molecule has 0 bridgehead atoms.